The minimum absolute atomic E-state index is 0.0964. The Morgan fingerprint density at radius 3 is 1.50 bits per heavy atom. The summed E-state index contributed by atoms with van der Waals surface area (Å²) >= 11 is -11.2. The van der Waals surface area contributed by atoms with E-state index < -0.39 is 29.6 Å². The van der Waals surface area contributed by atoms with Crippen LogP contribution in [-0.2, 0) is 10.1 Å². The number of rotatable bonds is 4. The topological polar surface area (TPSA) is 54.4 Å². The van der Waals surface area contributed by atoms with Crippen LogP contribution in [-0.4, -0.2) is 38.2 Å². The first-order valence-electron chi connectivity index (χ1n) is 4.03. The van der Waals surface area contributed by atoms with E-state index in [9.17, 15) is 25.3 Å². The van der Waals surface area contributed by atoms with E-state index in [0.29, 0.717) is 6.42 Å². The molecule has 0 heterocycles. The van der Waals surface area contributed by atoms with Gasteiger partial charge in [0.15, 0.2) is 0 Å². The van der Waals surface area contributed by atoms with Crippen LogP contribution in [0.2, 0.25) is 0 Å². The SMILES string of the molecule is CCCCCS(=O)(=O)O.[F][Sb-]([F])([F])([F])([F])[F]. The van der Waals surface area contributed by atoms with E-state index in [4.69, 9.17) is 4.55 Å². The molecule has 1 N–H and O–H groups in total. The average Bonchev–Trinajstić information content (AvgIpc) is 1.77. The molecule has 0 spiro atoms. The fraction of sp³-hybridized carbons (Fsp3) is 1.00. The van der Waals surface area contributed by atoms with Gasteiger partial charge >= 0.3 is 36.4 Å². The van der Waals surface area contributed by atoms with Crippen molar-refractivity contribution in [3.05, 3.63) is 0 Å². The van der Waals surface area contributed by atoms with Crippen LogP contribution in [0.25, 0.3) is 0 Å². The first-order valence-corrected chi connectivity index (χ1v) is 11.4. The normalized spacial score (nSPS) is 16.8. The van der Waals surface area contributed by atoms with Crippen molar-refractivity contribution in [1.82, 2.24) is 0 Å². The van der Waals surface area contributed by atoms with Gasteiger partial charge in [-0.3, -0.25) is 4.55 Å². The fourth-order valence-corrected chi connectivity index (χ4v) is 1.10. The zero-order valence-electron chi connectivity index (χ0n) is 8.22. The van der Waals surface area contributed by atoms with Crippen LogP contribution >= 0.6 is 0 Å². The van der Waals surface area contributed by atoms with Crippen molar-refractivity contribution in [3.63, 3.8) is 0 Å². The molecule has 0 radical (unpaired) electrons. The van der Waals surface area contributed by atoms with Crippen LogP contribution in [0.3, 0.4) is 0 Å². The summed E-state index contributed by atoms with van der Waals surface area (Å²) in [5.74, 6) is -0.0964. The molecule has 0 rings (SSSR count). The van der Waals surface area contributed by atoms with Crippen molar-refractivity contribution in [2.24, 2.45) is 0 Å². The molecule has 16 heavy (non-hydrogen) atoms. The summed E-state index contributed by atoms with van der Waals surface area (Å²) in [6.07, 6.45) is 2.39. The molecule has 0 bridgehead atoms. The molecule has 0 unspecified atom stereocenters. The Bertz CT molecular complexity index is 293. The van der Waals surface area contributed by atoms with Crippen molar-refractivity contribution < 1.29 is 29.8 Å². The fourth-order valence-electron chi connectivity index (χ4n) is 0.534. The standard InChI is InChI=1S/C5H12O3S.6FH.Sb/c1-2-3-4-5-9(6,7)8;;;;;;;/h2-5H2,1H3,(H,6,7,8);6*1H;/q;;;;;;;+5/p-6. The van der Waals surface area contributed by atoms with E-state index in [1.54, 1.807) is 0 Å². The monoisotopic (exact) mass is 387 g/mol. The number of hydrogen-bond donors (Lipinski definition) is 1. The molecule has 0 aliphatic carbocycles. The number of hydrogen-bond acceptors (Lipinski definition) is 2. The van der Waals surface area contributed by atoms with Gasteiger partial charge in [0.05, 0.1) is 5.75 Å². The van der Waals surface area contributed by atoms with Gasteiger partial charge in [-0.2, -0.15) is 8.42 Å². The van der Waals surface area contributed by atoms with Crippen molar-refractivity contribution in [2.75, 3.05) is 5.75 Å². The van der Waals surface area contributed by atoms with Crippen molar-refractivity contribution in [2.45, 2.75) is 26.2 Å². The second-order valence-corrected chi connectivity index (χ2v) is 9.99. The summed E-state index contributed by atoms with van der Waals surface area (Å²) in [5, 5.41) is 0. The summed E-state index contributed by atoms with van der Waals surface area (Å²) in [7, 11) is -3.70. The molecule has 0 saturated heterocycles. The summed E-state index contributed by atoms with van der Waals surface area (Å²) < 4.78 is 87.9. The Balaban J connectivity index is 0. The Morgan fingerprint density at radius 1 is 1.00 bits per heavy atom. The number of unbranched alkanes of at least 4 members (excludes halogenated alkanes) is 2. The summed E-state index contributed by atoms with van der Waals surface area (Å²) in [4.78, 5) is 0. The molecule has 0 aliphatic heterocycles. The first kappa shape index (κ1) is 18.7. The summed E-state index contributed by atoms with van der Waals surface area (Å²) in [6, 6.07) is 0. The molecule has 0 aromatic rings. The van der Waals surface area contributed by atoms with Crippen LogP contribution in [0.15, 0.2) is 0 Å². The van der Waals surface area contributed by atoms with Crippen LogP contribution < -0.4 is 0 Å². The number of halogens is 6. The third-order valence-electron chi connectivity index (χ3n) is 1.01. The Morgan fingerprint density at radius 2 is 1.31 bits per heavy atom. The molecule has 0 fully saturated rings. The van der Waals surface area contributed by atoms with E-state index in [1.165, 1.54) is 0 Å². The average molecular weight is 388 g/mol. The van der Waals surface area contributed by atoms with Crippen LogP contribution in [0.1, 0.15) is 26.2 Å². The van der Waals surface area contributed by atoms with Gasteiger partial charge in [0.1, 0.15) is 0 Å². The van der Waals surface area contributed by atoms with Gasteiger partial charge in [-0.25, -0.2) is 0 Å². The molecule has 0 saturated carbocycles. The van der Waals surface area contributed by atoms with Gasteiger partial charge in [-0.05, 0) is 6.42 Å². The van der Waals surface area contributed by atoms with Gasteiger partial charge in [0.2, 0.25) is 0 Å². The van der Waals surface area contributed by atoms with Gasteiger partial charge < -0.3 is 0 Å². The van der Waals surface area contributed by atoms with Gasteiger partial charge in [-0.1, -0.05) is 19.8 Å². The molecular weight excluding hydrogens is 376 g/mol. The molecule has 11 heteroatoms. The van der Waals surface area contributed by atoms with Crippen LogP contribution in [0.4, 0.5) is 16.9 Å². The molecule has 3 nitrogen and oxygen atoms in total. The molecule has 0 aliphatic rings. The van der Waals surface area contributed by atoms with Crippen molar-refractivity contribution in [1.29, 1.82) is 0 Å². The molecule has 0 aromatic heterocycles. The minimum atomic E-state index is -11.2. The zero-order valence-corrected chi connectivity index (χ0v) is 11.6. The predicted octanol–water partition coefficient (Wildman–Crippen LogP) is 3.20. The third kappa shape index (κ3) is 63.7. The van der Waals surface area contributed by atoms with E-state index in [-0.39, 0.29) is 5.75 Å². The Hall–Kier alpha value is 0.308. The Kier molecular flexibility index (Phi) is 5.71. The zero-order chi connectivity index (χ0) is 13.7. The van der Waals surface area contributed by atoms with E-state index in [1.807, 2.05) is 6.92 Å². The summed E-state index contributed by atoms with van der Waals surface area (Å²) in [6.45, 7) is 1.98. The second kappa shape index (κ2) is 4.89. The van der Waals surface area contributed by atoms with Gasteiger partial charge in [0, 0.05) is 0 Å². The second-order valence-electron chi connectivity index (χ2n) is 2.95. The molecule has 0 amide bonds. The van der Waals surface area contributed by atoms with E-state index in [0.717, 1.165) is 12.8 Å². The van der Waals surface area contributed by atoms with Gasteiger partial charge in [-0.15, -0.1) is 0 Å². The first-order chi connectivity index (χ1) is 6.51. The Labute approximate surface area is 91.5 Å². The predicted molar refractivity (Wildman–Crippen MR) is 48.3 cm³/mol. The van der Waals surface area contributed by atoms with Crippen molar-refractivity contribution in [3.8, 4) is 0 Å². The third-order valence-corrected chi connectivity index (χ3v) is 1.81. The maximum atomic E-state index is 10.1. The maximum absolute atomic E-state index is 11.2. The van der Waals surface area contributed by atoms with E-state index >= 15 is 0 Å². The van der Waals surface area contributed by atoms with Crippen LogP contribution in [0.5, 0.6) is 0 Å². The van der Waals surface area contributed by atoms with Crippen LogP contribution in [0, 0.1) is 0 Å². The molecule has 0 atom stereocenters. The quantitative estimate of drug-likeness (QED) is 0.349. The molecule has 0 aromatic carbocycles. The molecular formula is C5H12F6O3SSb-. The van der Waals surface area contributed by atoms with E-state index in [2.05, 4.69) is 0 Å². The molecule has 104 valence electrons. The summed E-state index contributed by atoms with van der Waals surface area (Å²) in [5.41, 5.74) is 0. The van der Waals surface area contributed by atoms with Crippen molar-refractivity contribution >= 4 is 29.6 Å². The van der Waals surface area contributed by atoms with Gasteiger partial charge in [0.25, 0.3) is 10.1 Å².